The van der Waals surface area contributed by atoms with Gasteiger partial charge in [0.1, 0.15) is 5.75 Å². The molecular formula is C23H24BrF2NO4S. The third-order valence-electron chi connectivity index (χ3n) is 6.34. The summed E-state index contributed by atoms with van der Waals surface area (Å²) in [6.07, 6.45) is 2.84. The Hall–Kier alpha value is -2.00. The molecule has 0 saturated carbocycles. The average molecular weight is 528 g/mol. The normalized spacial score (nSPS) is 22.9. The number of benzene rings is 2. The molecule has 2 aromatic rings. The minimum absolute atomic E-state index is 0.0617. The minimum Gasteiger partial charge on any atom is -0.435 e. The molecular weight excluding hydrogens is 504 g/mol. The molecule has 2 atom stereocenters. The molecule has 32 heavy (non-hydrogen) atoms. The molecule has 2 bridgehead atoms. The van der Waals surface area contributed by atoms with Crippen molar-refractivity contribution >= 4 is 31.7 Å². The number of ether oxygens (including phenoxy) is 1. The second-order valence-corrected chi connectivity index (χ2v) is 11.4. The number of hydrogen-bond donors (Lipinski definition) is 0. The molecule has 0 spiro atoms. The molecule has 2 aliphatic rings. The number of rotatable bonds is 7. The number of piperidine rings is 1. The molecule has 4 rings (SSSR count). The number of nitrogens with zero attached hydrogens (tertiary/aromatic N) is 1. The number of hydrogen-bond acceptors (Lipinski definition) is 4. The van der Waals surface area contributed by atoms with E-state index in [2.05, 4.69) is 20.7 Å². The first-order chi connectivity index (χ1) is 15.3. The molecule has 1 amide bonds. The third-order valence-corrected chi connectivity index (χ3v) is 9.02. The second kappa shape index (κ2) is 9.47. The van der Waals surface area contributed by atoms with Crippen molar-refractivity contribution in [1.29, 1.82) is 0 Å². The van der Waals surface area contributed by atoms with Crippen LogP contribution in [0.5, 0.6) is 5.75 Å². The van der Waals surface area contributed by atoms with Crippen molar-refractivity contribution in [1.82, 2.24) is 4.90 Å². The highest BCUT2D eigenvalue weighted by molar-refractivity contribution is 9.10. The van der Waals surface area contributed by atoms with Crippen molar-refractivity contribution < 1.29 is 26.7 Å². The van der Waals surface area contributed by atoms with E-state index in [1.54, 1.807) is 42.5 Å². The first-order valence-corrected chi connectivity index (χ1v) is 12.9. The van der Waals surface area contributed by atoms with Gasteiger partial charge in [-0.15, -0.1) is 0 Å². The zero-order valence-electron chi connectivity index (χ0n) is 17.3. The van der Waals surface area contributed by atoms with E-state index < -0.39 is 21.7 Å². The Kier molecular flexibility index (Phi) is 6.86. The number of carbonyl (C=O) groups excluding carboxylic acids is 1. The summed E-state index contributed by atoms with van der Waals surface area (Å²) in [5.74, 6) is -0.0114. The van der Waals surface area contributed by atoms with Gasteiger partial charge in [-0.25, -0.2) is 8.42 Å². The maximum absolute atomic E-state index is 13.1. The molecule has 172 valence electrons. The minimum atomic E-state index is -3.44. The van der Waals surface area contributed by atoms with Gasteiger partial charge in [-0.2, -0.15) is 8.78 Å². The van der Waals surface area contributed by atoms with Gasteiger partial charge in [0.15, 0.2) is 9.84 Å². The summed E-state index contributed by atoms with van der Waals surface area (Å²) in [6.45, 7) is -2.94. The Morgan fingerprint density at radius 1 is 1.09 bits per heavy atom. The fraction of sp³-hybridized carbons (Fsp3) is 0.435. The van der Waals surface area contributed by atoms with Crippen molar-refractivity contribution in [3.8, 4) is 5.75 Å². The predicted octanol–water partition coefficient (Wildman–Crippen LogP) is 4.98. The zero-order valence-corrected chi connectivity index (χ0v) is 19.7. The van der Waals surface area contributed by atoms with Crippen LogP contribution in [-0.4, -0.2) is 43.2 Å². The molecule has 0 aliphatic carbocycles. The Bertz CT molecular complexity index is 1070. The number of halogens is 3. The lowest BCUT2D eigenvalue weighted by Crippen LogP contribution is -2.49. The zero-order chi connectivity index (χ0) is 22.9. The molecule has 5 nitrogen and oxygen atoms in total. The van der Waals surface area contributed by atoms with E-state index in [9.17, 15) is 22.0 Å². The SMILES string of the molecule is O=C(CCc1cc(Br)ccc1OC(F)F)N1C2CCC1CC(S(=O)(=O)c1ccccc1)C2. The number of carbonyl (C=O) groups is 1. The molecule has 2 saturated heterocycles. The van der Waals surface area contributed by atoms with E-state index in [4.69, 9.17) is 0 Å². The van der Waals surface area contributed by atoms with E-state index in [0.717, 1.165) is 12.8 Å². The Morgan fingerprint density at radius 3 is 2.38 bits per heavy atom. The van der Waals surface area contributed by atoms with Crippen LogP contribution in [0.2, 0.25) is 0 Å². The molecule has 0 N–H and O–H groups in total. The van der Waals surface area contributed by atoms with Gasteiger partial charge in [0.2, 0.25) is 5.91 Å². The highest BCUT2D eigenvalue weighted by Crippen LogP contribution is 2.40. The Balaban J connectivity index is 1.43. The van der Waals surface area contributed by atoms with Crippen LogP contribution in [0.4, 0.5) is 8.78 Å². The monoisotopic (exact) mass is 527 g/mol. The topological polar surface area (TPSA) is 63.7 Å². The summed E-state index contributed by atoms with van der Waals surface area (Å²) < 4.78 is 56.8. The van der Waals surface area contributed by atoms with E-state index in [1.165, 1.54) is 6.07 Å². The summed E-state index contributed by atoms with van der Waals surface area (Å²) >= 11 is 3.32. The standard InChI is InChI=1S/C23H24BrF2NO4S/c24-16-7-10-21(31-23(25)26)15(12-16)6-11-22(28)27-17-8-9-18(27)14-20(13-17)32(29,30)19-4-2-1-3-5-19/h1-5,7,10,12,17-18,20,23H,6,8-9,11,13-14H2. The molecule has 2 unspecified atom stereocenters. The fourth-order valence-corrected chi connectivity index (χ4v) is 7.20. The number of aryl methyl sites for hydroxylation is 1. The maximum Gasteiger partial charge on any atom is 0.387 e. The Labute approximate surface area is 194 Å². The average Bonchev–Trinajstić information content (AvgIpc) is 3.03. The van der Waals surface area contributed by atoms with Gasteiger partial charge in [0, 0.05) is 23.0 Å². The van der Waals surface area contributed by atoms with Crippen molar-refractivity contribution in [2.45, 2.75) is 67.4 Å². The molecule has 2 heterocycles. The predicted molar refractivity (Wildman–Crippen MR) is 119 cm³/mol. The third kappa shape index (κ3) is 4.83. The van der Waals surface area contributed by atoms with Gasteiger partial charge in [-0.1, -0.05) is 34.1 Å². The summed E-state index contributed by atoms with van der Waals surface area (Å²) in [7, 11) is -3.44. The van der Waals surface area contributed by atoms with Crippen molar-refractivity contribution in [3.63, 3.8) is 0 Å². The Morgan fingerprint density at radius 2 is 1.75 bits per heavy atom. The number of sulfone groups is 1. The molecule has 0 radical (unpaired) electrons. The van der Waals surface area contributed by atoms with Crippen LogP contribution in [0.3, 0.4) is 0 Å². The van der Waals surface area contributed by atoms with Crippen LogP contribution in [0.25, 0.3) is 0 Å². The highest BCUT2D eigenvalue weighted by Gasteiger charge is 2.46. The largest absolute Gasteiger partial charge is 0.435 e. The lowest BCUT2D eigenvalue weighted by atomic mass is 10.0. The molecule has 9 heteroatoms. The van der Waals surface area contributed by atoms with E-state index >= 15 is 0 Å². The molecule has 2 aliphatic heterocycles. The van der Waals surface area contributed by atoms with E-state index in [0.29, 0.717) is 27.8 Å². The quantitative estimate of drug-likeness (QED) is 0.509. The van der Waals surface area contributed by atoms with Gasteiger partial charge in [-0.3, -0.25) is 4.79 Å². The molecule has 0 aromatic heterocycles. The number of alkyl halides is 2. The fourth-order valence-electron chi connectivity index (χ4n) is 4.92. The summed E-state index contributed by atoms with van der Waals surface area (Å²) in [6, 6.07) is 13.0. The van der Waals surface area contributed by atoms with Crippen LogP contribution in [0, 0.1) is 0 Å². The highest BCUT2D eigenvalue weighted by atomic mass is 79.9. The van der Waals surface area contributed by atoms with Crippen LogP contribution in [0.15, 0.2) is 57.9 Å². The van der Waals surface area contributed by atoms with E-state index in [1.807, 2.05) is 4.90 Å². The van der Waals surface area contributed by atoms with Gasteiger partial charge >= 0.3 is 6.61 Å². The van der Waals surface area contributed by atoms with Crippen molar-refractivity contribution in [3.05, 3.63) is 58.6 Å². The van der Waals surface area contributed by atoms with Crippen molar-refractivity contribution in [2.75, 3.05) is 0 Å². The number of amides is 1. The lowest BCUT2D eigenvalue weighted by molar-refractivity contribution is -0.135. The van der Waals surface area contributed by atoms with Crippen LogP contribution < -0.4 is 4.74 Å². The summed E-state index contributed by atoms with van der Waals surface area (Å²) in [5, 5.41) is -0.498. The maximum atomic E-state index is 13.1. The smallest absolute Gasteiger partial charge is 0.387 e. The van der Waals surface area contributed by atoms with Gasteiger partial charge in [0.25, 0.3) is 0 Å². The number of fused-ring (bicyclic) bond motifs is 2. The van der Waals surface area contributed by atoms with Crippen LogP contribution in [0.1, 0.15) is 37.7 Å². The van der Waals surface area contributed by atoms with Gasteiger partial charge in [-0.05, 0) is 68.0 Å². The van der Waals surface area contributed by atoms with Crippen LogP contribution in [-0.2, 0) is 21.1 Å². The van der Waals surface area contributed by atoms with Gasteiger partial charge in [0.05, 0.1) is 10.1 Å². The summed E-state index contributed by atoms with van der Waals surface area (Å²) in [4.78, 5) is 15.2. The second-order valence-electron chi connectivity index (χ2n) is 8.27. The van der Waals surface area contributed by atoms with Crippen molar-refractivity contribution in [2.24, 2.45) is 0 Å². The molecule has 2 aromatic carbocycles. The first-order valence-electron chi connectivity index (χ1n) is 10.6. The first kappa shape index (κ1) is 23.2. The lowest BCUT2D eigenvalue weighted by Gasteiger charge is -2.38. The van der Waals surface area contributed by atoms with E-state index in [-0.39, 0.29) is 36.6 Å². The van der Waals surface area contributed by atoms with Gasteiger partial charge < -0.3 is 9.64 Å². The molecule has 2 fully saturated rings. The van der Waals surface area contributed by atoms with Crippen LogP contribution >= 0.6 is 15.9 Å². The summed E-state index contributed by atoms with van der Waals surface area (Å²) in [5.41, 5.74) is 0.530.